The largest absolute Gasteiger partial charge is 0.458 e. The Morgan fingerprint density at radius 3 is 2.94 bits per heavy atom. The van der Waals surface area contributed by atoms with Crippen molar-refractivity contribution in [2.75, 3.05) is 0 Å². The van der Waals surface area contributed by atoms with E-state index >= 15 is 0 Å². The molecule has 0 aromatic rings. The zero-order valence-corrected chi connectivity index (χ0v) is 10.7. The van der Waals surface area contributed by atoms with E-state index in [-0.39, 0.29) is 29.9 Å². The number of hydrogen-bond donors (Lipinski definition) is 0. The normalized spacial score (nSPS) is 37.5. The second-order valence-electron chi connectivity index (χ2n) is 5.45. The van der Waals surface area contributed by atoms with E-state index in [0.29, 0.717) is 6.42 Å². The number of fused-ring (bicyclic) bond motifs is 2. The first-order valence-corrected chi connectivity index (χ1v) is 6.39. The molecule has 1 aliphatic carbocycles. The number of carbonyl (C=O) groups excluding carboxylic acids is 2. The lowest BCUT2D eigenvalue weighted by molar-refractivity contribution is -0.176. The Kier molecular flexibility index (Phi) is 3.15. The van der Waals surface area contributed by atoms with E-state index in [1.807, 2.05) is 20.8 Å². The van der Waals surface area contributed by atoms with E-state index in [1.54, 1.807) is 0 Å². The second-order valence-corrected chi connectivity index (χ2v) is 5.45. The summed E-state index contributed by atoms with van der Waals surface area (Å²) in [5.41, 5.74) is -0.594. The molecule has 1 saturated carbocycles. The minimum absolute atomic E-state index is 0.0125. The molecule has 1 saturated heterocycles. The number of rotatable bonds is 3. The minimum atomic E-state index is -0.594. The Labute approximate surface area is 102 Å². The lowest BCUT2D eigenvalue weighted by atomic mass is 9.80. The summed E-state index contributed by atoms with van der Waals surface area (Å²) >= 11 is 0. The summed E-state index contributed by atoms with van der Waals surface area (Å²) in [6.45, 7) is 5.69. The number of carbonyl (C=O) groups is 2. The van der Waals surface area contributed by atoms with Gasteiger partial charge < -0.3 is 9.47 Å². The van der Waals surface area contributed by atoms with Gasteiger partial charge in [-0.2, -0.15) is 0 Å². The average molecular weight is 240 g/mol. The molecular weight excluding hydrogens is 220 g/mol. The van der Waals surface area contributed by atoms with Crippen molar-refractivity contribution in [2.24, 2.45) is 11.8 Å². The Hall–Kier alpha value is -1.06. The van der Waals surface area contributed by atoms with Crippen molar-refractivity contribution in [3.63, 3.8) is 0 Å². The van der Waals surface area contributed by atoms with Gasteiger partial charge in [0, 0.05) is 6.42 Å². The van der Waals surface area contributed by atoms with Crippen LogP contribution in [0.15, 0.2) is 0 Å². The van der Waals surface area contributed by atoms with Crippen molar-refractivity contribution < 1.29 is 19.1 Å². The van der Waals surface area contributed by atoms with Gasteiger partial charge in [-0.1, -0.05) is 13.8 Å². The highest BCUT2D eigenvalue weighted by Crippen LogP contribution is 2.44. The van der Waals surface area contributed by atoms with Crippen LogP contribution in [0.25, 0.3) is 0 Å². The van der Waals surface area contributed by atoms with E-state index in [2.05, 4.69) is 0 Å². The van der Waals surface area contributed by atoms with E-state index < -0.39 is 5.60 Å². The topological polar surface area (TPSA) is 52.6 Å². The van der Waals surface area contributed by atoms with Crippen molar-refractivity contribution in [3.05, 3.63) is 0 Å². The highest BCUT2D eigenvalue weighted by molar-refractivity contribution is 5.76. The lowest BCUT2D eigenvalue weighted by Gasteiger charge is -2.35. The highest BCUT2D eigenvalue weighted by atomic mass is 16.6. The van der Waals surface area contributed by atoms with Crippen molar-refractivity contribution in [2.45, 2.75) is 58.2 Å². The summed E-state index contributed by atoms with van der Waals surface area (Å²) in [5, 5.41) is 0. The molecule has 96 valence electrons. The van der Waals surface area contributed by atoms with Crippen LogP contribution in [-0.2, 0) is 19.1 Å². The molecule has 0 radical (unpaired) electrons. The van der Waals surface area contributed by atoms with Crippen LogP contribution >= 0.6 is 0 Å². The predicted octanol–water partition coefficient (Wildman–Crippen LogP) is 2.06. The Morgan fingerprint density at radius 2 is 2.29 bits per heavy atom. The summed E-state index contributed by atoms with van der Waals surface area (Å²) in [5.74, 6) is -0.387. The Morgan fingerprint density at radius 1 is 1.59 bits per heavy atom. The Bertz CT molecular complexity index is 338. The first-order chi connectivity index (χ1) is 7.96. The lowest BCUT2D eigenvalue weighted by Crippen LogP contribution is -2.44. The van der Waals surface area contributed by atoms with Gasteiger partial charge in [-0.25, -0.2) is 0 Å². The van der Waals surface area contributed by atoms with Crippen molar-refractivity contribution in [1.29, 1.82) is 0 Å². The van der Waals surface area contributed by atoms with Gasteiger partial charge in [0.25, 0.3) is 0 Å². The SMILES string of the molecule is CCC(C)C(=O)OC1CCC2CC1(C)OC2=O. The van der Waals surface area contributed by atoms with Gasteiger partial charge in [-0.15, -0.1) is 0 Å². The third-order valence-corrected chi connectivity index (χ3v) is 4.05. The van der Waals surface area contributed by atoms with Gasteiger partial charge in [0.05, 0.1) is 11.8 Å². The van der Waals surface area contributed by atoms with Crippen LogP contribution in [0.1, 0.15) is 46.5 Å². The van der Waals surface area contributed by atoms with Crippen molar-refractivity contribution in [3.8, 4) is 0 Å². The van der Waals surface area contributed by atoms with E-state index in [9.17, 15) is 9.59 Å². The van der Waals surface area contributed by atoms with Gasteiger partial charge >= 0.3 is 11.9 Å². The minimum Gasteiger partial charge on any atom is -0.458 e. The fraction of sp³-hybridized carbons (Fsp3) is 0.846. The molecule has 4 heteroatoms. The summed E-state index contributed by atoms with van der Waals surface area (Å²) in [7, 11) is 0. The average Bonchev–Trinajstić information content (AvgIpc) is 2.53. The summed E-state index contributed by atoms with van der Waals surface area (Å²) < 4.78 is 10.9. The zero-order chi connectivity index (χ0) is 12.6. The number of hydrogen-bond acceptors (Lipinski definition) is 4. The summed E-state index contributed by atoms with van der Waals surface area (Å²) in [6, 6.07) is 0. The molecule has 0 aromatic heterocycles. The highest BCUT2D eigenvalue weighted by Gasteiger charge is 2.53. The smallest absolute Gasteiger partial charge is 0.309 e. The molecule has 2 rings (SSSR count). The molecule has 17 heavy (non-hydrogen) atoms. The van der Waals surface area contributed by atoms with E-state index in [0.717, 1.165) is 19.3 Å². The molecule has 1 aliphatic heterocycles. The van der Waals surface area contributed by atoms with Gasteiger partial charge in [0.15, 0.2) is 0 Å². The molecule has 0 aromatic carbocycles. The molecule has 4 nitrogen and oxygen atoms in total. The van der Waals surface area contributed by atoms with Gasteiger partial charge in [0.2, 0.25) is 0 Å². The quantitative estimate of drug-likeness (QED) is 0.708. The third kappa shape index (κ3) is 2.17. The van der Waals surface area contributed by atoms with Crippen LogP contribution in [0.3, 0.4) is 0 Å². The fourth-order valence-corrected chi connectivity index (χ4v) is 2.61. The van der Waals surface area contributed by atoms with E-state index in [4.69, 9.17) is 9.47 Å². The standard InChI is InChI=1S/C13H20O4/c1-4-8(2)11(14)16-10-6-5-9-7-13(10,3)17-12(9)15/h8-10H,4-7H2,1-3H3. The van der Waals surface area contributed by atoms with Crippen LogP contribution in [0, 0.1) is 11.8 Å². The third-order valence-electron chi connectivity index (χ3n) is 4.05. The van der Waals surface area contributed by atoms with Crippen LogP contribution in [0.2, 0.25) is 0 Å². The maximum Gasteiger partial charge on any atom is 0.309 e. The van der Waals surface area contributed by atoms with Crippen LogP contribution in [0.5, 0.6) is 0 Å². The van der Waals surface area contributed by atoms with Gasteiger partial charge in [-0.3, -0.25) is 9.59 Å². The molecule has 2 bridgehead atoms. The molecule has 4 unspecified atom stereocenters. The maximum atomic E-state index is 11.8. The molecule has 1 heterocycles. The molecule has 0 N–H and O–H groups in total. The van der Waals surface area contributed by atoms with Gasteiger partial charge in [0.1, 0.15) is 11.7 Å². The number of esters is 2. The van der Waals surface area contributed by atoms with Crippen molar-refractivity contribution in [1.82, 2.24) is 0 Å². The summed E-state index contributed by atoms with van der Waals surface area (Å²) in [4.78, 5) is 23.3. The Balaban J connectivity index is 2.03. The molecular formula is C13H20O4. The molecule has 4 atom stereocenters. The maximum absolute atomic E-state index is 11.8. The van der Waals surface area contributed by atoms with Crippen LogP contribution in [-0.4, -0.2) is 23.6 Å². The monoisotopic (exact) mass is 240 g/mol. The van der Waals surface area contributed by atoms with Crippen LogP contribution < -0.4 is 0 Å². The molecule has 2 fully saturated rings. The van der Waals surface area contributed by atoms with E-state index in [1.165, 1.54) is 0 Å². The zero-order valence-electron chi connectivity index (χ0n) is 10.7. The van der Waals surface area contributed by atoms with Crippen LogP contribution in [0.4, 0.5) is 0 Å². The fourth-order valence-electron chi connectivity index (χ4n) is 2.61. The summed E-state index contributed by atoms with van der Waals surface area (Å²) in [6.07, 6.45) is 2.68. The molecule has 2 aliphatic rings. The second kappa shape index (κ2) is 4.31. The number of ether oxygens (including phenoxy) is 2. The predicted molar refractivity (Wildman–Crippen MR) is 61.2 cm³/mol. The molecule has 0 amide bonds. The first kappa shape index (κ1) is 12.4. The van der Waals surface area contributed by atoms with Crippen molar-refractivity contribution >= 4 is 11.9 Å². The van der Waals surface area contributed by atoms with Gasteiger partial charge in [-0.05, 0) is 26.2 Å². The molecule has 0 spiro atoms. The first-order valence-electron chi connectivity index (χ1n) is 6.39.